The van der Waals surface area contributed by atoms with E-state index in [4.69, 9.17) is 19.9 Å². The van der Waals surface area contributed by atoms with E-state index >= 15 is 0 Å². The highest BCUT2D eigenvalue weighted by atomic mass is 16.5. The molecule has 0 spiro atoms. The van der Waals surface area contributed by atoms with Crippen molar-refractivity contribution >= 4 is 11.8 Å². The molecule has 4 heteroatoms. The quantitative estimate of drug-likeness (QED) is 0.706. The molecule has 2 N–H and O–H groups in total. The van der Waals surface area contributed by atoms with Crippen molar-refractivity contribution in [1.29, 1.82) is 0 Å². The molecule has 0 aliphatic carbocycles. The summed E-state index contributed by atoms with van der Waals surface area (Å²) < 4.78 is 16.4. The average Bonchev–Trinajstić information content (AvgIpc) is 2.63. The molecule has 0 aliphatic heterocycles. The van der Waals surface area contributed by atoms with Gasteiger partial charge in [0.15, 0.2) is 0 Å². The molecule has 0 heterocycles. The van der Waals surface area contributed by atoms with Gasteiger partial charge in [0.05, 0.1) is 26.5 Å². The molecule has 2 aromatic rings. The van der Waals surface area contributed by atoms with Crippen LogP contribution in [0, 0.1) is 0 Å². The maximum absolute atomic E-state index is 5.96. The SMILES string of the molecule is CCOc1cc(C/C(=C/c2cc(OC)ccc2OC)CC)ccc1N. The maximum Gasteiger partial charge on any atom is 0.142 e. The Morgan fingerprint density at radius 2 is 1.80 bits per heavy atom. The molecule has 0 radical (unpaired) electrons. The van der Waals surface area contributed by atoms with E-state index in [1.54, 1.807) is 14.2 Å². The third kappa shape index (κ3) is 4.92. The molecule has 25 heavy (non-hydrogen) atoms. The predicted molar refractivity (Wildman–Crippen MR) is 104 cm³/mol. The van der Waals surface area contributed by atoms with Crippen molar-refractivity contribution < 1.29 is 14.2 Å². The highest BCUT2D eigenvalue weighted by molar-refractivity contribution is 5.63. The number of hydrogen-bond acceptors (Lipinski definition) is 4. The van der Waals surface area contributed by atoms with E-state index < -0.39 is 0 Å². The van der Waals surface area contributed by atoms with Crippen LogP contribution in [0.3, 0.4) is 0 Å². The summed E-state index contributed by atoms with van der Waals surface area (Å²) in [5.74, 6) is 2.39. The van der Waals surface area contributed by atoms with Crippen LogP contribution in [-0.2, 0) is 6.42 Å². The zero-order valence-corrected chi connectivity index (χ0v) is 15.5. The van der Waals surface area contributed by atoms with E-state index in [2.05, 4.69) is 13.0 Å². The lowest BCUT2D eigenvalue weighted by Crippen LogP contribution is -1.99. The lowest BCUT2D eigenvalue weighted by atomic mass is 9.99. The van der Waals surface area contributed by atoms with E-state index in [1.807, 2.05) is 43.3 Å². The van der Waals surface area contributed by atoms with Gasteiger partial charge in [-0.3, -0.25) is 0 Å². The summed E-state index contributed by atoms with van der Waals surface area (Å²) in [5.41, 5.74) is 10.1. The van der Waals surface area contributed by atoms with Crippen molar-refractivity contribution in [1.82, 2.24) is 0 Å². The van der Waals surface area contributed by atoms with Crippen LogP contribution in [0.15, 0.2) is 42.0 Å². The standard InChI is InChI=1S/C21H27NO3/c1-5-15(11-16-7-9-19(22)21(13-16)25-6-2)12-17-14-18(23-3)8-10-20(17)24-4/h7-10,12-14H,5-6,11,22H2,1-4H3/b15-12+. The summed E-state index contributed by atoms with van der Waals surface area (Å²) in [6, 6.07) is 11.8. The van der Waals surface area contributed by atoms with Crippen molar-refractivity contribution in [2.24, 2.45) is 0 Å². The van der Waals surface area contributed by atoms with E-state index in [1.165, 1.54) is 11.1 Å². The number of nitrogens with two attached hydrogens (primary N) is 1. The summed E-state index contributed by atoms with van der Waals surface area (Å²) in [4.78, 5) is 0. The number of methoxy groups -OCH3 is 2. The summed E-state index contributed by atoms with van der Waals surface area (Å²) in [7, 11) is 3.35. The van der Waals surface area contributed by atoms with Gasteiger partial charge in [-0.1, -0.05) is 24.6 Å². The number of benzene rings is 2. The Kier molecular flexibility index (Phi) is 6.75. The van der Waals surface area contributed by atoms with Crippen LogP contribution >= 0.6 is 0 Å². The molecule has 0 fully saturated rings. The van der Waals surface area contributed by atoms with Gasteiger partial charge in [0, 0.05) is 5.56 Å². The van der Waals surface area contributed by atoms with E-state index in [-0.39, 0.29) is 0 Å². The minimum Gasteiger partial charge on any atom is -0.497 e. The first-order valence-electron chi connectivity index (χ1n) is 8.53. The van der Waals surface area contributed by atoms with Gasteiger partial charge in [0.25, 0.3) is 0 Å². The average molecular weight is 341 g/mol. The van der Waals surface area contributed by atoms with Crippen molar-refractivity contribution in [3.05, 3.63) is 53.1 Å². The first kappa shape index (κ1) is 18.7. The second-order valence-electron chi connectivity index (χ2n) is 5.75. The van der Waals surface area contributed by atoms with E-state index in [0.29, 0.717) is 12.3 Å². The maximum atomic E-state index is 5.96. The normalized spacial score (nSPS) is 11.3. The Balaban J connectivity index is 2.31. The summed E-state index contributed by atoms with van der Waals surface area (Å²) in [6.45, 7) is 4.71. The molecule has 2 rings (SSSR count). The van der Waals surface area contributed by atoms with Crippen LogP contribution in [0.2, 0.25) is 0 Å². The highest BCUT2D eigenvalue weighted by Crippen LogP contribution is 2.29. The van der Waals surface area contributed by atoms with Gasteiger partial charge >= 0.3 is 0 Å². The van der Waals surface area contributed by atoms with Crippen LogP contribution in [0.4, 0.5) is 5.69 Å². The minimum absolute atomic E-state index is 0.602. The van der Waals surface area contributed by atoms with E-state index in [0.717, 1.165) is 35.7 Å². The first-order chi connectivity index (χ1) is 12.1. The van der Waals surface area contributed by atoms with Crippen molar-refractivity contribution in [2.45, 2.75) is 26.7 Å². The third-order valence-corrected chi connectivity index (χ3v) is 4.06. The number of anilines is 1. The molecule has 0 bridgehead atoms. The molecule has 0 saturated heterocycles. The fourth-order valence-electron chi connectivity index (χ4n) is 2.68. The second-order valence-corrected chi connectivity index (χ2v) is 5.75. The van der Waals surface area contributed by atoms with Crippen molar-refractivity contribution in [2.75, 3.05) is 26.6 Å². The smallest absolute Gasteiger partial charge is 0.142 e. The summed E-state index contributed by atoms with van der Waals surface area (Å²) in [6.07, 6.45) is 3.93. The second kappa shape index (κ2) is 9.02. The molecule has 0 saturated carbocycles. The zero-order valence-electron chi connectivity index (χ0n) is 15.5. The van der Waals surface area contributed by atoms with Gasteiger partial charge in [-0.25, -0.2) is 0 Å². The predicted octanol–water partition coefficient (Wildman–Crippen LogP) is 4.72. The number of hydrogen-bond donors (Lipinski definition) is 1. The van der Waals surface area contributed by atoms with Gasteiger partial charge in [0.1, 0.15) is 17.2 Å². The lowest BCUT2D eigenvalue weighted by Gasteiger charge is -2.12. The first-order valence-corrected chi connectivity index (χ1v) is 8.53. The molecule has 0 aromatic heterocycles. The van der Waals surface area contributed by atoms with Gasteiger partial charge in [-0.2, -0.15) is 0 Å². The fraction of sp³-hybridized carbons (Fsp3) is 0.333. The van der Waals surface area contributed by atoms with Gasteiger partial charge in [-0.15, -0.1) is 0 Å². The van der Waals surface area contributed by atoms with Gasteiger partial charge in [0.2, 0.25) is 0 Å². The van der Waals surface area contributed by atoms with Crippen LogP contribution in [0.25, 0.3) is 6.08 Å². The monoisotopic (exact) mass is 341 g/mol. The van der Waals surface area contributed by atoms with Crippen molar-refractivity contribution in [3.8, 4) is 17.2 Å². The molecular formula is C21H27NO3. The Hall–Kier alpha value is -2.62. The highest BCUT2D eigenvalue weighted by Gasteiger charge is 2.07. The van der Waals surface area contributed by atoms with Gasteiger partial charge < -0.3 is 19.9 Å². The Bertz CT molecular complexity index is 738. The zero-order chi connectivity index (χ0) is 18.2. The molecule has 0 amide bonds. The molecule has 0 unspecified atom stereocenters. The number of ether oxygens (including phenoxy) is 3. The largest absolute Gasteiger partial charge is 0.497 e. The van der Waals surface area contributed by atoms with Crippen LogP contribution in [0.1, 0.15) is 31.4 Å². The topological polar surface area (TPSA) is 53.7 Å². The number of nitrogen functional groups attached to an aromatic ring is 1. The molecule has 2 aromatic carbocycles. The summed E-state index contributed by atoms with van der Waals surface area (Å²) in [5, 5.41) is 0. The lowest BCUT2D eigenvalue weighted by molar-refractivity contribution is 0.342. The van der Waals surface area contributed by atoms with Crippen LogP contribution < -0.4 is 19.9 Å². The number of rotatable bonds is 8. The van der Waals surface area contributed by atoms with Crippen molar-refractivity contribution in [3.63, 3.8) is 0 Å². The van der Waals surface area contributed by atoms with Gasteiger partial charge in [-0.05, 0) is 55.7 Å². The Labute approximate surface area is 150 Å². The minimum atomic E-state index is 0.602. The van der Waals surface area contributed by atoms with E-state index in [9.17, 15) is 0 Å². The summed E-state index contributed by atoms with van der Waals surface area (Å²) >= 11 is 0. The third-order valence-electron chi connectivity index (χ3n) is 4.06. The van der Waals surface area contributed by atoms with Crippen LogP contribution in [-0.4, -0.2) is 20.8 Å². The molecule has 0 aliphatic rings. The Morgan fingerprint density at radius 1 is 1.00 bits per heavy atom. The molecular weight excluding hydrogens is 314 g/mol. The molecule has 4 nitrogen and oxygen atoms in total. The van der Waals surface area contributed by atoms with Crippen LogP contribution in [0.5, 0.6) is 17.2 Å². The molecule has 134 valence electrons. The fourth-order valence-corrected chi connectivity index (χ4v) is 2.68. The Morgan fingerprint density at radius 3 is 2.44 bits per heavy atom. The number of allylic oxidation sites excluding steroid dienone is 1. The molecule has 0 atom stereocenters.